The van der Waals surface area contributed by atoms with Crippen LogP contribution in [0, 0.1) is 28.6 Å². The number of hydrogen-bond acceptors (Lipinski definition) is 5. The van der Waals surface area contributed by atoms with Crippen molar-refractivity contribution in [3.63, 3.8) is 0 Å². The average Bonchev–Trinajstić information content (AvgIpc) is 2.94. The molecule has 6 heteroatoms. The fraction of sp³-hybridized carbons (Fsp3) is 0.438. The predicted octanol–water partition coefficient (Wildman–Crippen LogP) is 7.10. The van der Waals surface area contributed by atoms with Crippen LogP contribution in [-0.4, -0.2) is 23.3 Å². The summed E-state index contributed by atoms with van der Waals surface area (Å²) < 4.78 is 6.24. The van der Waals surface area contributed by atoms with E-state index in [1.165, 1.54) is 49.8 Å². The second kappa shape index (κ2) is 11.2. The van der Waals surface area contributed by atoms with Crippen molar-refractivity contribution >= 4 is 17.4 Å². The summed E-state index contributed by atoms with van der Waals surface area (Å²) in [7, 11) is 0. The van der Waals surface area contributed by atoms with Gasteiger partial charge in [0.15, 0.2) is 0 Å². The zero-order valence-corrected chi connectivity index (χ0v) is 22.0. The number of rotatable bonds is 11. The monoisotopic (exact) mass is 507 g/mol. The van der Waals surface area contributed by atoms with Crippen LogP contribution < -0.4 is 4.74 Å². The minimum absolute atomic E-state index is 0.337. The van der Waals surface area contributed by atoms with E-state index in [-0.39, 0.29) is 11.8 Å². The maximum absolute atomic E-state index is 13.6. The van der Waals surface area contributed by atoms with Crippen LogP contribution >= 0.6 is 0 Å². The number of hydrogen-bond donors (Lipinski definition) is 0. The normalized spacial score (nSPS) is 18.6. The molecule has 0 fully saturated rings. The van der Waals surface area contributed by atoms with E-state index in [2.05, 4.69) is 19.1 Å². The summed E-state index contributed by atoms with van der Waals surface area (Å²) in [6.07, 6.45) is 12.6. The molecule has 0 aromatic heterocycles. The standard InChI is InChI=1S/C32H33N3O3/c1-2-3-4-5-6-7-8-9-10-13-16-35-31(36)24-17-21(19-33)27-23-14-11-12-15-26(23)38-30-22(20-34)18-25(32(35)37)28(24)29(27)30/h11-12,14-15,17-18,22,30H,2-10,13,16H2,1H3. The van der Waals surface area contributed by atoms with E-state index in [0.29, 0.717) is 45.7 Å². The van der Waals surface area contributed by atoms with Gasteiger partial charge in [-0.05, 0) is 24.6 Å². The number of fused-ring (bicyclic) bond motifs is 2. The minimum Gasteiger partial charge on any atom is -0.483 e. The second-order valence-corrected chi connectivity index (χ2v) is 10.5. The zero-order valence-electron chi connectivity index (χ0n) is 22.0. The molecule has 2 atom stereocenters. The maximum Gasteiger partial charge on any atom is 0.261 e. The quantitative estimate of drug-likeness (QED) is 0.239. The molecule has 5 rings (SSSR count). The van der Waals surface area contributed by atoms with Crippen LogP contribution in [0.15, 0.2) is 36.4 Å². The van der Waals surface area contributed by atoms with Crippen molar-refractivity contribution in [1.82, 2.24) is 4.90 Å². The molecule has 2 aromatic rings. The van der Waals surface area contributed by atoms with Gasteiger partial charge in [0.25, 0.3) is 11.8 Å². The molecule has 0 N–H and O–H groups in total. The van der Waals surface area contributed by atoms with E-state index in [9.17, 15) is 20.1 Å². The van der Waals surface area contributed by atoms with Crippen molar-refractivity contribution in [2.45, 2.75) is 77.2 Å². The molecule has 0 saturated carbocycles. The number of unbranched alkanes of at least 4 members (excludes halogenated alkanes) is 9. The molecule has 2 heterocycles. The number of para-hydroxylation sites is 1. The number of imide groups is 1. The Hall–Kier alpha value is -3.90. The summed E-state index contributed by atoms with van der Waals surface area (Å²) in [5, 5.41) is 20.0. The van der Waals surface area contributed by atoms with Gasteiger partial charge in [-0.25, -0.2) is 0 Å². The van der Waals surface area contributed by atoms with Gasteiger partial charge in [-0.1, -0.05) is 82.9 Å². The van der Waals surface area contributed by atoms with E-state index in [0.717, 1.165) is 24.8 Å². The Balaban J connectivity index is 1.38. The lowest BCUT2D eigenvalue weighted by Crippen LogP contribution is -2.44. The Morgan fingerprint density at radius 3 is 2.24 bits per heavy atom. The van der Waals surface area contributed by atoms with Gasteiger partial charge >= 0.3 is 0 Å². The Morgan fingerprint density at radius 1 is 0.868 bits per heavy atom. The van der Waals surface area contributed by atoms with E-state index < -0.39 is 12.0 Å². The van der Waals surface area contributed by atoms with E-state index in [1.807, 2.05) is 24.3 Å². The van der Waals surface area contributed by atoms with E-state index in [1.54, 1.807) is 12.1 Å². The lowest BCUT2D eigenvalue weighted by atomic mass is 9.72. The van der Waals surface area contributed by atoms with Gasteiger partial charge in [0.1, 0.15) is 17.8 Å². The first-order valence-electron chi connectivity index (χ1n) is 14.0. The maximum atomic E-state index is 13.6. The van der Waals surface area contributed by atoms with Crippen molar-refractivity contribution in [2.75, 3.05) is 6.54 Å². The van der Waals surface area contributed by atoms with Gasteiger partial charge < -0.3 is 4.74 Å². The summed E-state index contributed by atoms with van der Waals surface area (Å²) in [5.41, 5.74) is 3.62. The smallest absolute Gasteiger partial charge is 0.261 e. The van der Waals surface area contributed by atoms with Crippen LogP contribution in [0.3, 0.4) is 0 Å². The molecule has 0 bridgehead atoms. The van der Waals surface area contributed by atoms with Crippen LogP contribution in [0.4, 0.5) is 0 Å². The molecule has 2 amide bonds. The van der Waals surface area contributed by atoms with Gasteiger partial charge in [0.05, 0.1) is 17.7 Å². The van der Waals surface area contributed by atoms with Crippen LogP contribution in [0.25, 0.3) is 16.7 Å². The lowest BCUT2D eigenvalue weighted by molar-refractivity contribution is -0.123. The third-order valence-corrected chi connectivity index (χ3v) is 7.96. The van der Waals surface area contributed by atoms with Gasteiger partial charge in [0, 0.05) is 39.9 Å². The number of amides is 2. The average molecular weight is 508 g/mol. The number of benzene rings is 2. The zero-order chi connectivity index (χ0) is 26.6. The first-order chi connectivity index (χ1) is 18.6. The third kappa shape index (κ3) is 4.50. The van der Waals surface area contributed by atoms with Crippen molar-refractivity contribution in [3.8, 4) is 29.0 Å². The fourth-order valence-corrected chi connectivity index (χ4v) is 6.03. The van der Waals surface area contributed by atoms with Crippen LogP contribution in [0.2, 0.25) is 0 Å². The number of carbonyl (C=O) groups is 2. The van der Waals surface area contributed by atoms with Crippen molar-refractivity contribution < 1.29 is 14.3 Å². The number of nitriles is 2. The highest BCUT2D eigenvalue weighted by molar-refractivity contribution is 6.32. The van der Waals surface area contributed by atoms with Gasteiger partial charge in [-0.2, -0.15) is 10.5 Å². The molecule has 194 valence electrons. The molecule has 2 unspecified atom stereocenters. The molecule has 0 saturated heterocycles. The molecule has 0 spiro atoms. The molecule has 1 aliphatic carbocycles. The summed E-state index contributed by atoms with van der Waals surface area (Å²) in [6.45, 7) is 2.56. The predicted molar refractivity (Wildman–Crippen MR) is 145 cm³/mol. The van der Waals surface area contributed by atoms with Crippen molar-refractivity contribution in [3.05, 3.63) is 58.7 Å². The van der Waals surface area contributed by atoms with Crippen molar-refractivity contribution in [2.24, 2.45) is 5.92 Å². The summed E-state index contributed by atoms with van der Waals surface area (Å²) in [5.74, 6) is -0.842. The number of ether oxygens (including phenoxy) is 1. The highest BCUT2D eigenvalue weighted by Gasteiger charge is 2.46. The Labute approximate surface area is 224 Å². The lowest BCUT2D eigenvalue weighted by Gasteiger charge is -2.40. The first kappa shape index (κ1) is 25.7. The van der Waals surface area contributed by atoms with Crippen LogP contribution in [0.1, 0.15) is 104 Å². The largest absolute Gasteiger partial charge is 0.483 e. The summed E-state index contributed by atoms with van der Waals surface area (Å²) >= 11 is 0. The Kier molecular flexibility index (Phi) is 7.61. The topological polar surface area (TPSA) is 94.2 Å². The molecule has 0 radical (unpaired) electrons. The molecule has 38 heavy (non-hydrogen) atoms. The molecular weight excluding hydrogens is 474 g/mol. The third-order valence-electron chi connectivity index (χ3n) is 7.96. The van der Waals surface area contributed by atoms with E-state index in [4.69, 9.17) is 4.74 Å². The summed E-state index contributed by atoms with van der Waals surface area (Å²) in [6, 6.07) is 13.5. The van der Waals surface area contributed by atoms with Gasteiger partial charge in [-0.15, -0.1) is 0 Å². The Morgan fingerprint density at radius 2 is 1.55 bits per heavy atom. The highest BCUT2D eigenvalue weighted by atomic mass is 16.5. The molecule has 3 aliphatic rings. The molecule has 2 aliphatic heterocycles. The SMILES string of the molecule is CCCCCCCCCCCCN1C(=O)C2=CC(C#N)C3Oc4ccccc4-c4c(C#N)cc(c2c43)C1=O. The Bertz CT molecular complexity index is 1380. The minimum atomic E-state index is -0.706. The highest BCUT2D eigenvalue weighted by Crippen LogP contribution is 2.53. The van der Waals surface area contributed by atoms with Crippen molar-refractivity contribution in [1.29, 1.82) is 10.5 Å². The molecule has 6 nitrogen and oxygen atoms in total. The molecule has 2 aromatic carbocycles. The first-order valence-corrected chi connectivity index (χ1v) is 14.0. The molecular formula is C32H33N3O3. The second-order valence-electron chi connectivity index (χ2n) is 10.5. The van der Waals surface area contributed by atoms with Gasteiger partial charge in [0.2, 0.25) is 0 Å². The van der Waals surface area contributed by atoms with Crippen LogP contribution in [0.5, 0.6) is 5.75 Å². The van der Waals surface area contributed by atoms with E-state index >= 15 is 0 Å². The van der Waals surface area contributed by atoms with Crippen LogP contribution in [-0.2, 0) is 4.79 Å². The van der Waals surface area contributed by atoms with Gasteiger partial charge in [-0.3, -0.25) is 14.5 Å². The fourth-order valence-electron chi connectivity index (χ4n) is 6.03. The number of carbonyl (C=O) groups excluding carboxylic acids is 2. The summed E-state index contributed by atoms with van der Waals surface area (Å²) in [4.78, 5) is 28.5. The number of nitrogens with zero attached hydrogens (tertiary/aromatic N) is 3.